The standard InChI is InChI=1S/C26H25FN2O4S/c1-32-24-8-4-7-21(26(24)33-2)25-20-6-3-5-19(20)22-15-18(13-14-23(22)28-25)34(30,31)29-17-11-9-16(27)10-12-17/h3-5,7-15,19-20,25,28-29H,6H2,1-2H3/t19-,20-,25-/m0/s1. The first-order valence-electron chi connectivity index (χ1n) is 11.0. The molecular weight excluding hydrogens is 455 g/mol. The van der Waals surface area contributed by atoms with Gasteiger partial charge in [-0.1, -0.05) is 24.3 Å². The van der Waals surface area contributed by atoms with Gasteiger partial charge in [-0.25, -0.2) is 12.8 Å². The first kappa shape index (κ1) is 22.3. The molecule has 1 aliphatic carbocycles. The van der Waals surface area contributed by atoms with Crippen molar-refractivity contribution in [3.05, 3.63) is 89.8 Å². The summed E-state index contributed by atoms with van der Waals surface area (Å²) in [6, 6.07) is 16.2. The number of allylic oxidation sites excluding steroid dienone is 2. The molecule has 8 heteroatoms. The summed E-state index contributed by atoms with van der Waals surface area (Å²) in [4.78, 5) is 0.161. The van der Waals surface area contributed by atoms with Crippen molar-refractivity contribution in [2.24, 2.45) is 5.92 Å². The van der Waals surface area contributed by atoms with Crippen molar-refractivity contribution in [3.63, 3.8) is 0 Å². The van der Waals surface area contributed by atoms with Crippen LogP contribution in [0.3, 0.4) is 0 Å². The van der Waals surface area contributed by atoms with Gasteiger partial charge in [0.2, 0.25) is 0 Å². The van der Waals surface area contributed by atoms with Crippen molar-refractivity contribution in [2.45, 2.75) is 23.3 Å². The fraction of sp³-hybridized carbons (Fsp3) is 0.231. The fourth-order valence-electron chi connectivity index (χ4n) is 4.94. The number of methoxy groups -OCH3 is 2. The van der Waals surface area contributed by atoms with Crippen molar-refractivity contribution in [3.8, 4) is 11.5 Å². The van der Waals surface area contributed by atoms with E-state index in [0.29, 0.717) is 17.2 Å². The van der Waals surface area contributed by atoms with Gasteiger partial charge in [0.1, 0.15) is 5.82 Å². The van der Waals surface area contributed by atoms with Gasteiger partial charge >= 0.3 is 0 Å². The Hall–Kier alpha value is -3.52. The monoisotopic (exact) mass is 480 g/mol. The van der Waals surface area contributed by atoms with E-state index in [9.17, 15) is 12.8 Å². The summed E-state index contributed by atoms with van der Waals surface area (Å²) in [5, 5.41) is 3.61. The van der Waals surface area contributed by atoms with E-state index >= 15 is 0 Å². The molecule has 5 rings (SSSR count). The highest BCUT2D eigenvalue weighted by Crippen LogP contribution is 2.52. The van der Waals surface area contributed by atoms with E-state index in [1.165, 1.54) is 24.3 Å². The maximum Gasteiger partial charge on any atom is 0.261 e. The molecule has 0 saturated heterocycles. The maximum atomic E-state index is 13.2. The van der Waals surface area contributed by atoms with Gasteiger partial charge in [-0.05, 0) is 66.4 Å². The van der Waals surface area contributed by atoms with Crippen LogP contribution in [0.1, 0.15) is 29.5 Å². The van der Waals surface area contributed by atoms with Crippen LogP contribution in [0.4, 0.5) is 15.8 Å². The van der Waals surface area contributed by atoms with Gasteiger partial charge < -0.3 is 14.8 Å². The predicted octanol–water partition coefficient (Wildman–Crippen LogP) is 5.47. The minimum Gasteiger partial charge on any atom is -0.493 e. The van der Waals surface area contributed by atoms with Gasteiger partial charge in [-0.3, -0.25) is 4.72 Å². The van der Waals surface area contributed by atoms with Crippen LogP contribution in [0.5, 0.6) is 11.5 Å². The molecule has 0 fully saturated rings. The summed E-state index contributed by atoms with van der Waals surface area (Å²) in [5.74, 6) is 1.18. The number of halogens is 1. The maximum absolute atomic E-state index is 13.2. The zero-order valence-electron chi connectivity index (χ0n) is 18.8. The van der Waals surface area contributed by atoms with Crippen molar-refractivity contribution >= 4 is 21.4 Å². The summed E-state index contributed by atoms with van der Waals surface area (Å²) in [6.45, 7) is 0. The molecule has 3 aromatic rings. The summed E-state index contributed by atoms with van der Waals surface area (Å²) in [7, 11) is -0.584. The molecule has 176 valence electrons. The molecule has 2 aliphatic rings. The zero-order valence-corrected chi connectivity index (χ0v) is 19.6. The summed E-state index contributed by atoms with van der Waals surface area (Å²) in [6.07, 6.45) is 5.14. The van der Waals surface area contributed by atoms with Crippen LogP contribution in [0.15, 0.2) is 77.7 Å². The van der Waals surface area contributed by atoms with E-state index in [4.69, 9.17) is 9.47 Å². The minimum absolute atomic E-state index is 0.0302. The first-order valence-corrected chi connectivity index (χ1v) is 12.5. The van der Waals surface area contributed by atoms with Crippen LogP contribution in [-0.2, 0) is 10.0 Å². The summed E-state index contributed by atoms with van der Waals surface area (Å²) in [5.41, 5.74) is 3.11. The van der Waals surface area contributed by atoms with Gasteiger partial charge in [-0.15, -0.1) is 0 Å². The molecule has 34 heavy (non-hydrogen) atoms. The molecule has 0 amide bonds. The molecular formula is C26H25FN2O4S. The number of hydrogen-bond acceptors (Lipinski definition) is 5. The SMILES string of the molecule is COc1cccc([C@H]2Nc3ccc(S(=O)(=O)Nc4ccc(F)cc4)cc3[C@H]3C=CC[C@@H]32)c1OC. The number of hydrogen-bond donors (Lipinski definition) is 2. The second-order valence-electron chi connectivity index (χ2n) is 8.42. The number of para-hydroxylation sites is 1. The predicted molar refractivity (Wildman–Crippen MR) is 130 cm³/mol. The average Bonchev–Trinajstić information content (AvgIpc) is 3.34. The highest BCUT2D eigenvalue weighted by molar-refractivity contribution is 7.92. The van der Waals surface area contributed by atoms with Crippen LogP contribution in [0, 0.1) is 11.7 Å². The van der Waals surface area contributed by atoms with Crippen molar-refractivity contribution < 1.29 is 22.3 Å². The molecule has 0 aromatic heterocycles. The lowest BCUT2D eigenvalue weighted by Gasteiger charge is -2.38. The number of anilines is 2. The molecule has 2 N–H and O–H groups in total. The van der Waals surface area contributed by atoms with E-state index in [1.54, 1.807) is 32.4 Å². The van der Waals surface area contributed by atoms with Gasteiger partial charge in [0.05, 0.1) is 25.2 Å². The molecule has 0 spiro atoms. The summed E-state index contributed by atoms with van der Waals surface area (Å²) >= 11 is 0. The van der Waals surface area contributed by atoms with E-state index in [0.717, 1.165) is 23.2 Å². The van der Waals surface area contributed by atoms with Gasteiger partial charge in [-0.2, -0.15) is 0 Å². The number of ether oxygens (including phenoxy) is 2. The Labute approximate surface area is 198 Å². The second-order valence-corrected chi connectivity index (χ2v) is 10.1. The number of sulfonamides is 1. The smallest absolute Gasteiger partial charge is 0.261 e. The van der Waals surface area contributed by atoms with Crippen molar-refractivity contribution in [1.82, 2.24) is 0 Å². The normalized spacial score (nSPS) is 20.7. The number of benzene rings is 3. The molecule has 0 radical (unpaired) electrons. The molecule has 3 aromatic carbocycles. The number of nitrogens with one attached hydrogen (secondary N) is 2. The fourth-order valence-corrected chi connectivity index (χ4v) is 6.03. The largest absolute Gasteiger partial charge is 0.493 e. The van der Waals surface area contributed by atoms with Gasteiger partial charge in [0.15, 0.2) is 11.5 Å². The third kappa shape index (κ3) is 3.88. The van der Waals surface area contributed by atoms with Gasteiger partial charge in [0.25, 0.3) is 10.0 Å². The number of rotatable bonds is 6. The third-order valence-electron chi connectivity index (χ3n) is 6.51. The Kier molecular flexibility index (Phi) is 5.69. The van der Waals surface area contributed by atoms with Crippen molar-refractivity contribution in [2.75, 3.05) is 24.3 Å². The Morgan fingerprint density at radius 3 is 2.53 bits per heavy atom. The zero-order chi connectivity index (χ0) is 23.9. The van der Waals surface area contributed by atoms with Crippen LogP contribution in [0.2, 0.25) is 0 Å². The van der Waals surface area contributed by atoms with Gasteiger partial charge in [0, 0.05) is 22.9 Å². The lowest BCUT2D eigenvalue weighted by Crippen LogP contribution is -2.29. The van der Waals surface area contributed by atoms with E-state index in [1.807, 2.05) is 18.2 Å². The van der Waals surface area contributed by atoms with E-state index in [-0.39, 0.29) is 22.8 Å². The first-order chi connectivity index (χ1) is 16.4. The van der Waals surface area contributed by atoms with Crippen LogP contribution >= 0.6 is 0 Å². The van der Waals surface area contributed by atoms with Crippen LogP contribution < -0.4 is 19.5 Å². The Bertz CT molecular complexity index is 1360. The summed E-state index contributed by atoms with van der Waals surface area (Å²) < 4.78 is 53.0. The van der Waals surface area contributed by atoms with E-state index in [2.05, 4.69) is 22.2 Å². The quantitative estimate of drug-likeness (QED) is 0.458. The molecule has 0 bridgehead atoms. The number of fused-ring (bicyclic) bond motifs is 3. The molecule has 0 saturated carbocycles. The Morgan fingerprint density at radius 1 is 1.00 bits per heavy atom. The molecule has 1 aliphatic heterocycles. The molecule has 1 heterocycles. The Morgan fingerprint density at radius 2 is 1.79 bits per heavy atom. The average molecular weight is 481 g/mol. The molecule has 3 atom stereocenters. The van der Waals surface area contributed by atoms with E-state index < -0.39 is 15.8 Å². The second kappa shape index (κ2) is 8.68. The topological polar surface area (TPSA) is 76.7 Å². The molecule has 0 unspecified atom stereocenters. The van der Waals surface area contributed by atoms with Crippen molar-refractivity contribution in [1.29, 1.82) is 0 Å². The lowest BCUT2D eigenvalue weighted by molar-refractivity contribution is 0.341. The highest BCUT2D eigenvalue weighted by Gasteiger charge is 2.40. The third-order valence-corrected chi connectivity index (χ3v) is 7.89. The minimum atomic E-state index is -3.83. The lowest BCUT2D eigenvalue weighted by atomic mass is 9.77. The van der Waals surface area contributed by atoms with Crippen LogP contribution in [-0.4, -0.2) is 22.6 Å². The highest BCUT2D eigenvalue weighted by atomic mass is 32.2. The molecule has 6 nitrogen and oxygen atoms in total. The Balaban J connectivity index is 1.50. The van der Waals surface area contributed by atoms with Crippen LogP contribution in [0.25, 0.3) is 0 Å².